The number of carboxylic acid groups (broad SMARTS) is 1. The Kier molecular flexibility index (Phi) is 4.40. The Morgan fingerprint density at radius 1 is 1.18 bits per heavy atom. The molecule has 98 valence electrons. The summed E-state index contributed by atoms with van der Waals surface area (Å²) in [5.41, 5.74) is 0. The number of nitrogens with zero attached hydrogens (tertiary/aromatic N) is 2. The van der Waals surface area contributed by atoms with Crippen LogP contribution in [-0.4, -0.2) is 60.1 Å². The summed E-state index contributed by atoms with van der Waals surface area (Å²) in [5.74, 6) is -0.458. The zero-order chi connectivity index (χ0) is 12.3. The Bertz CT molecular complexity index is 258. The lowest BCUT2D eigenvalue weighted by Gasteiger charge is -2.42. The van der Waals surface area contributed by atoms with Crippen molar-refractivity contribution >= 4 is 5.97 Å². The van der Waals surface area contributed by atoms with E-state index in [1.54, 1.807) is 0 Å². The van der Waals surface area contributed by atoms with Gasteiger partial charge in [-0.05, 0) is 31.8 Å². The summed E-state index contributed by atoms with van der Waals surface area (Å²) < 4.78 is 0. The number of hydrogen-bond acceptors (Lipinski definition) is 3. The second-order valence-corrected chi connectivity index (χ2v) is 5.55. The number of likely N-dealkylation sites (tertiary alicyclic amines) is 2. The van der Waals surface area contributed by atoms with E-state index in [1.807, 2.05) is 6.92 Å². The first-order chi connectivity index (χ1) is 8.16. The lowest BCUT2D eigenvalue weighted by Crippen LogP contribution is -2.53. The van der Waals surface area contributed by atoms with Crippen molar-refractivity contribution in [3.63, 3.8) is 0 Å². The number of piperidine rings is 1. The molecule has 0 aliphatic carbocycles. The minimum absolute atomic E-state index is 0.179. The van der Waals surface area contributed by atoms with E-state index < -0.39 is 5.97 Å². The molecule has 2 heterocycles. The highest BCUT2D eigenvalue weighted by atomic mass is 16.4. The van der Waals surface area contributed by atoms with Gasteiger partial charge >= 0.3 is 5.97 Å². The van der Waals surface area contributed by atoms with E-state index in [2.05, 4.69) is 9.80 Å². The highest BCUT2D eigenvalue weighted by Gasteiger charge is 2.34. The van der Waals surface area contributed by atoms with Crippen LogP contribution >= 0.6 is 0 Å². The monoisotopic (exact) mass is 240 g/mol. The van der Waals surface area contributed by atoms with Crippen LogP contribution in [0.3, 0.4) is 0 Å². The Balaban J connectivity index is 1.59. The third-order valence-electron chi connectivity index (χ3n) is 4.26. The van der Waals surface area contributed by atoms with Crippen LogP contribution in [0.5, 0.6) is 0 Å². The van der Waals surface area contributed by atoms with Gasteiger partial charge in [-0.1, -0.05) is 13.3 Å². The van der Waals surface area contributed by atoms with E-state index in [4.69, 9.17) is 5.11 Å². The van der Waals surface area contributed by atoms with E-state index in [-0.39, 0.29) is 5.92 Å². The minimum Gasteiger partial charge on any atom is -0.481 e. The smallest absolute Gasteiger partial charge is 0.306 e. The van der Waals surface area contributed by atoms with Gasteiger partial charge in [-0.25, -0.2) is 0 Å². The fourth-order valence-electron chi connectivity index (χ4n) is 2.78. The minimum atomic E-state index is -0.648. The second kappa shape index (κ2) is 5.83. The number of carbonyl (C=O) groups is 1. The highest BCUT2D eigenvalue weighted by molar-refractivity contribution is 5.70. The maximum absolute atomic E-state index is 10.8. The third kappa shape index (κ3) is 3.42. The van der Waals surface area contributed by atoms with E-state index in [0.29, 0.717) is 5.92 Å². The van der Waals surface area contributed by atoms with Crippen molar-refractivity contribution in [1.29, 1.82) is 0 Å². The van der Waals surface area contributed by atoms with E-state index in [1.165, 1.54) is 32.4 Å². The zero-order valence-electron chi connectivity index (χ0n) is 10.8. The van der Waals surface area contributed by atoms with Crippen LogP contribution in [0.15, 0.2) is 0 Å². The second-order valence-electron chi connectivity index (χ2n) is 5.55. The van der Waals surface area contributed by atoms with Gasteiger partial charge in [-0.15, -0.1) is 0 Å². The predicted molar refractivity (Wildman–Crippen MR) is 67.0 cm³/mol. The molecule has 2 saturated heterocycles. The lowest BCUT2D eigenvalue weighted by molar-refractivity contribution is -0.145. The van der Waals surface area contributed by atoms with Crippen molar-refractivity contribution in [3.8, 4) is 0 Å². The average Bonchev–Trinajstić information content (AvgIpc) is 2.28. The van der Waals surface area contributed by atoms with Crippen LogP contribution in [0, 0.1) is 11.8 Å². The van der Waals surface area contributed by atoms with Gasteiger partial charge in [-0.3, -0.25) is 4.79 Å². The van der Waals surface area contributed by atoms with Gasteiger partial charge < -0.3 is 14.9 Å². The SMILES string of the molecule is CC(C(=O)O)C1CN(CCN2CCCCC2)C1. The van der Waals surface area contributed by atoms with Gasteiger partial charge in [0.15, 0.2) is 0 Å². The van der Waals surface area contributed by atoms with E-state index in [9.17, 15) is 4.79 Å². The molecule has 4 nitrogen and oxygen atoms in total. The maximum atomic E-state index is 10.8. The molecule has 2 aliphatic heterocycles. The molecule has 0 amide bonds. The molecular formula is C13H24N2O2. The van der Waals surface area contributed by atoms with Gasteiger partial charge in [0.2, 0.25) is 0 Å². The number of carboxylic acids is 1. The molecule has 17 heavy (non-hydrogen) atoms. The fourth-order valence-corrected chi connectivity index (χ4v) is 2.78. The summed E-state index contributed by atoms with van der Waals surface area (Å²) in [4.78, 5) is 15.7. The van der Waals surface area contributed by atoms with Crippen molar-refractivity contribution in [2.24, 2.45) is 11.8 Å². The third-order valence-corrected chi connectivity index (χ3v) is 4.26. The molecule has 1 unspecified atom stereocenters. The summed E-state index contributed by atoms with van der Waals surface area (Å²) in [6.07, 6.45) is 4.08. The molecule has 1 atom stereocenters. The van der Waals surface area contributed by atoms with E-state index in [0.717, 1.165) is 26.2 Å². The first-order valence-corrected chi connectivity index (χ1v) is 6.84. The molecule has 0 radical (unpaired) electrons. The number of hydrogen-bond donors (Lipinski definition) is 1. The van der Waals surface area contributed by atoms with Crippen molar-refractivity contribution in [2.75, 3.05) is 39.3 Å². The molecule has 2 aliphatic rings. The van der Waals surface area contributed by atoms with Gasteiger partial charge in [0.1, 0.15) is 0 Å². The van der Waals surface area contributed by atoms with Crippen molar-refractivity contribution in [1.82, 2.24) is 9.80 Å². The fraction of sp³-hybridized carbons (Fsp3) is 0.923. The molecule has 0 bridgehead atoms. The average molecular weight is 240 g/mol. The quantitative estimate of drug-likeness (QED) is 0.782. The normalized spacial score (nSPS) is 25.5. The van der Waals surface area contributed by atoms with Crippen LogP contribution in [0.1, 0.15) is 26.2 Å². The summed E-state index contributed by atoms with van der Waals surface area (Å²) in [6.45, 7) is 8.56. The zero-order valence-corrected chi connectivity index (χ0v) is 10.8. The summed E-state index contributed by atoms with van der Waals surface area (Å²) in [7, 11) is 0. The number of rotatable bonds is 5. The maximum Gasteiger partial charge on any atom is 0.306 e. The molecule has 2 fully saturated rings. The van der Waals surface area contributed by atoms with Crippen LogP contribution in [-0.2, 0) is 4.79 Å². The molecule has 0 saturated carbocycles. The van der Waals surface area contributed by atoms with Gasteiger partial charge in [-0.2, -0.15) is 0 Å². The van der Waals surface area contributed by atoms with Crippen LogP contribution < -0.4 is 0 Å². The molecule has 0 spiro atoms. The first kappa shape index (κ1) is 12.8. The highest BCUT2D eigenvalue weighted by Crippen LogP contribution is 2.23. The standard InChI is InChI=1S/C13H24N2O2/c1-11(13(16)17)12-9-15(10-12)8-7-14-5-3-2-4-6-14/h11-12H,2-10H2,1H3,(H,16,17). The van der Waals surface area contributed by atoms with Gasteiger partial charge in [0.25, 0.3) is 0 Å². The first-order valence-electron chi connectivity index (χ1n) is 6.84. The van der Waals surface area contributed by atoms with Crippen molar-refractivity contribution < 1.29 is 9.90 Å². The predicted octanol–water partition coefficient (Wildman–Crippen LogP) is 1.12. The topological polar surface area (TPSA) is 43.8 Å². The summed E-state index contributed by atoms with van der Waals surface area (Å²) in [5, 5.41) is 8.91. The van der Waals surface area contributed by atoms with Crippen LogP contribution in [0.2, 0.25) is 0 Å². The Labute approximate surface area is 104 Å². The molecule has 0 aromatic carbocycles. The van der Waals surface area contributed by atoms with Crippen LogP contribution in [0.25, 0.3) is 0 Å². The van der Waals surface area contributed by atoms with Gasteiger partial charge in [0, 0.05) is 26.2 Å². The van der Waals surface area contributed by atoms with Crippen molar-refractivity contribution in [2.45, 2.75) is 26.2 Å². The molecule has 2 rings (SSSR count). The Hall–Kier alpha value is -0.610. The summed E-state index contributed by atoms with van der Waals surface area (Å²) in [6, 6.07) is 0. The van der Waals surface area contributed by atoms with E-state index >= 15 is 0 Å². The summed E-state index contributed by atoms with van der Waals surface area (Å²) >= 11 is 0. The Morgan fingerprint density at radius 3 is 2.35 bits per heavy atom. The van der Waals surface area contributed by atoms with Crippen LogP contribution in [0.4, 0.5) is 0 Å². The lowest BCUT2D eigenvalue weighted by atomic mass is 9.87. The van der Waals surface area contributed by atoms with Gasteiger partial charge in [0.05, 0.1) is 5.92 Å². The molecular weight excluding hydrogens is 216 g/mol. The van der Waals surface area contributed by atoms with Crippen molar-refractivity contribution in [3.05, 3.63) is 0 Å². The molecule has 0 aromatic heterocycles. The Morgan fingerprint density at radius 2 is 1.76 bits per heavy atom. The largest absolute Gasteiger partial charge is 0.481 e. The molecule has 4 heteroatoms. The molecule has 1 N–H and O–H groups in total. The number of aliphatic carboxylic acids is 1. The molecule has 0 aromatic rings.